The molecule has 0 saturated heterocycles. The van der Waals surface area contributed by atoms with E-state index in [2.05, 4.69) is 12.2 Å². The van der Waals surface area contributed by atoms with Crippen molar-refractivity contribution in [3.05, 3.63) is 29.8 Å². The van der Waals surface area contributed by atoms with Crippen molar-refractivity contribution in [1.29, 1.82) is 0 Å². The zero-order valence-electron chi connectivity index (χ0n) is 13.3. The number of carbonyl (C=O) groups is 2. The Labute approximate surface area is 131 Å². The van der Waals surface area contributed by atoms with E-state index < -0.39 is 17.9 Å². The van der Waals surface area contributed by atoms with Crippen LogP contribution in [0.2, 0.25) is 0 Å². The number of para-hydroxylation sites is 1. The van der Waals surface area contributed by atoms with Crippen molar-refractivity contribution >= 4 is 11.9 Å². The Kier molecular flexibility index (Phi) is 7.39. The molecule has 0 fully saturated rings. The van der Waals surface area contributed by atoms with Gasteiger partial charge in [-0.2, -0.15) is 0 Å². The lowest BCUT2D eigenvalue weighted by Crippen LogP contribution is -2.38. The summed E-state index contributed by atoms with van der Waals surface area (Å²) < 4.78 is 5.68. The maximum atomic E-state index is 12.1. The fourth-order valence-corrected chi connectivity index (χ4v) is 1.79. The molecule has 0 heterocycles. The van der Waals surface area contributed by atoms with Gasteiger partial charge >= 0.3 is 5.97 Å². The third kappa shape index (κ3) is 5.73. The minimum Gasteiger partial charge on any atom is -0.480 e. The second-order valence-electron chi connectivity index (χ2n) is 5.24. The molecular formula is C16H24N2O4. The van der Waals surface area contributed by atoms with Gasteiger partial charge < -0.3 is 15.2 Å². The summed E-state index contributed by atoms with van der Waals surface area (Å²) in [4.78, 5) is 25.0. The van der Waals surface area contributed by atoms with E-state index in [-0.39, 0.29) is 0 Å². The second-order valence-corrected chi connectivity index (χ2v) is 5.24. The second kappa shape index (κ2) is 9.04. The zero-order chi connectivity index (χ0) is 16.5. The van der Waals surface area contributed by atoms with Crippen molar-refractivity contribution in [2.75, 3.05) is 20.3 Å². The number of rotatable bonds is 9. The average molecular weight is 308 g/mol. The van der Waals surface area contributed by atoms with Gasteiger partial charge in [-0.1, -0.05) is 25.5 Å². The number of benzene rings is 1. The van der Waals surface area contributed by atoms with Crippen molar-refractivity contribution in [3.8, 4) is 5.75 Å². The van der Waals surface area contributed by atoms with Crippen LogP contribution in [0.5, 0.6) is 5.75 Å². The lowest BCUT2D eigenvalue weighted by molar-refractivity contribution is -0.138. The number of unbranched alkanes of at least 4 members (excludes halogenated alkanes) is 1. The summed E-state index contributed by atoms with van der Waals surface area (Å²) in [5.74, 6) is -1.09. The molecule has 0 radical (unpaired) electrons. The van der Waals surface area contributed by atoms with Gasteiger partial charge in [-0.05, 0) is 32.5 Å². The fraction of sp³-hybridized carbons (Fsp3) is 0.500. The van der Waals surface area contributed by atoms with Crippen LogP contribution in [0.15, 0.2) is 24.3 Å². The first-order valence-corrected chi connectivity index (χ1v) is 7.39. The number of amides is 1. The van der Waals surface area contributed by atoms with E-state index in [9.17, 15) is 9.59 Å². The molecule has 1 aromatic rings. The predicted octanol–water partition coefficient (Wildman–Crippen LogP) is 1.96. The van der Waals surface area contributed by atoms with E-state index >= 15 is 0 Å². The lowest BCUT2D eigenvalue weighted by Gasteiger charge is -2.18. The first-order chi connectivity index (χ1) is 10.5. The SMILES string of the molecule is CCCCN(C)COc1ccccc1C(=O)NC(C)C(=O)O. The van der Waals surface area contributed by atoms with Crippen molar-refractivity contribution < 1.29 is 19.4 Å². The molecular weight excluding hydrogens is 284 g/mol. The highest BCUT2D eigenvalue weighted by Gasteiger charge is 2.18. The number of aliphatic carboxylic acids is 1. The molecule has 1 aromatic carbocycles. The van der Waals surface area contributed by atoms with E-state index in [0.717, 1.165) is 19.4 Å². The molecule has 122 valence electrons. The van der Waals surface area contributed by atoms with Crippen LogP contribution in [0.1, 0.15) is 37.0 Å². The fourth-order valence-electron chi connectivity index (χ4n) is 1.79. The van der Waals surface area contributed by atoms with Gasteiger partial charge in [0.05, 0.1) is 5.56 Å². The molecule has 2 N–H and O–H groups in total. The van der Waals surface area contributed by atoms with Crippen LogP contribution in [0.25, 0.3) is 0 Å². The molecule has 0 aromatic heterocycles. The summed E-state index contributed by atoms with van der Waals surface area (Å²) in [6, 6.07) is 5.86. The molecule has 22 heavy (non-hydrogen) atoms. The van der Waals surface area contributed by atoms with Gasteiger partial charge in [-0.3, -0.25) is 14.5 Å². The molecule has 0 saturated carbocycles. The first-order valence-electron chi connectivity index (χ1n) is 7.39. The monoisotopic (exact) mass is 308 g/mol. The van der Waals surface area contributed by atoms with Crippen molar-refractivity contribution in [1.82, 2.24) is 10.2 Å². The molecule has 0 aliphatic carbocycles. The van der Waals surface area contributed by atoms with E-state index in [4.69, 9.17) is 9.84 Å². The van der Waals surface area contributed by atoms with Gasteiger partial charge in [0.1, 0.15) is 18.5 Å². The molecule has 1 rings (SSSR count). The normalized spacial score (nSPS) is 12.0. The standard InChI is InChI=1S/C16H24N2O4/c1-4-5-10-18(3)11-22-14-9-7-6-8-13(14)15(19)17-12(2)16(20)21/h6-9,12H,4-5,10-11H2,1-3H3,(H,17,19)(H,20,21). The molecule has 6 nitrogen and oxygen atoms in total. The molecule has 6 heteroatoms. The number of hydrogen-bond donors (Lipinski definition) is 2. The van der Waals surface area contributed by atoms with Gasteiger partial charge in [0.25, 0.3) is 5.91 Å². The zero-order valence-corrected chi connectivity index (χ0v) is 13.3. The topological polar surface area (TPSA) is 78.9 Å². The van der Waals surface area contributed by atoms with Gasteiger partial charge in [0.2, 0.25) is 0 Å². The number of ether oxygens (including phenoxy) is 1. The Morgan fingerprint density at radius 2 is 2.05 bits per heavy atom. The van der Waals surface area contributed by atoms with E-state index in [0.29, 0.717) is 18.0 Å². The average Bonchev–Trinajstić information content (AvgIpc) is 2.50. The van der Waals surface area contributed by atoms with E-state index in [1.807, 2.05) is 11.9 Å². The largest absolute Gasteiger partial charge is 0.480 e. The van der Waals surface area contributed by atoms with Gasteiger partial charge in [0.15, 0.2) is 0 Å². The van der Waals surface area contributed by atoms with Gasteiger partial charge in [-0.25, -0.2) is 0 Å². The Morgan fingerprint density at radius 1 is 1.36 bits per heavy atom. The highest BCUT2D eigenvalue weighted by atomic mass is 16.5. The summed E-state index contributed by atoms with van der Waals surface area (Å²) in [6.45, 7) is 4.83. The minimum atomic E-state index is -1.08. The van der Waals surface area contributed by atoms with Crippen LogP contribution in [-0.2, 0) is 4.79 Å². The highest BCUT2D eigenvalue weighted by molar-refractivity contribution is 5.98. The molecule has 1 atom stereocenters. The molecule has 1 unspecified atom stereocenters. The number of carbonyl (C=O) groups excluding carboxylic acids is 1. The molecule has 0 spiro atoms. The quantitative estimate of drug-likeness (QED) is 0.682. The van der Waals surface area contributed by atoms with Crippen LogP contribution in [0.4, 0.5) is 0 Å². The summed E-state index contributed by atoms with van der Waals surface area (Å²) >= 11 is 0. The maximum absolute atomic E-state index is 12.1. The smallest absolute Gasteiger partial charge is 0.325 e. The first kappa shape index (κ1) is 18.0. The summed E-state index contributed by atoms with van der Waals surface area (Å²) in [5.41, 5.74) is 0.333. The molecule has 0 bridgehead atoms. The van der Waals surface area contributed by atoms with Crippen molar-refractivity contribution in [2.45, 2.75) is 32.7 Å². The number of hydrogen-bond acceptors (Lipinski definition) is 4. The summed E-state index contributed by atoms with van der Waals surface area (Å²) in [6.07, 6.45) is 2.19. The van der Waals surface area contributed by atoms with Crippen molar-refractivity contribution in [2.24, 2.45) is 0 Å². The van der Waals surface area contributed by atoms with Crippen molar-refractivity contribution in [3.63, 3.8) is 0 Å². The Bertz CT molecular complexity index is 505. The predicted molar refractivity (Wildman–Crippen MR) is 84.0 cm³/mol. The van der Waals surface area contributed by atoms with Crippen LogP contribution in [0, 0.1) is 0 Å². The third-order valence-corrected chi connectivity index (χ3v) is 3.18. The number of nitrogens with zero attached hydrogens (tertiary/aromatic N) is 1. The molecule has 0 aliphatic heterocycles. The number of nitrogens with one attached hydrogen (secondary N) is 1. The highest BCUT2D eigenvalue weighted by Crippen LogP contribution is 2.18. The summed E-state index contributed by atoms with van der Waals surface area (Å²) in [7, 11) is 1.95. The number of carboxylic acids is 1. The molecule has 0 aliphatic rings. The van der Waals surface area contributed by atoms with Crippen LogP contribution in [0.3, 0.4) is 0 Å². The van der Waals surface area contributed by atoms with Crippen LogP contribution in [-0.4, -0.2) is 48.2 Å². The number of carboxylic acid groups (broad SMARTS) is 1. The third-order valence-electron chi connectivity index (χ3n) is 3.18. The lowest BCUT2D eigenvalue weighted by atomic mass is 10.1. The van der Waals surface area contributed by atoms with E-state index in [1.54, 1.807) is 24.3 Å². The van der Waals surface area contributed by atoms with Crippen LogP contribution < -0.4 is 10.1 Å². The minimum absolute atomic E-state index is 0.333. The maximum Gasteiger partial charge on any atom is 0.325 e. The Balaban J connectivity index is 2.69. The van der Waals surface area contributed by atoms with Crippen LogP contribution >= 0.6 is 0 Å². The van der Waals surface area contributed by atoms with Gasteiger partial charge in [0, 0.05) is 6.54 Å². The van der Waals surface area contributed by atoms with E-state index in [1.165, 1.54) is 6.92 Å². The van der Waals surface area contributed by atoms with Gasteiger partial charge in [-0.15, -0.1) is 0 Å². The molecule has 1 amide bonds. The Morgan fingerprint density at radius 3 is 2.68 bits per heavy atom. The Hall–Kier alpha value is -2.08. The summed E-state index contributed by atoms with van der Waals surface area (Å²) in [5, 5.41) is 11.3.